The van der Waals surface area contributed by atoms with Crippen molar-refractivity contribution in [2.24, 2.45) is 5.73 Å². The van der Waals surface area contributed by atoms with E-state index in [4.69, 9.17) is 18.0 Å². The van der Waals surface area contributed by atoms with Crippen LogP contribution in [0, 0.1) is 5.82 Å². The molecule has 0 saturated carbocycles. The number of benzene rings is 1. The molecule has 0 radical (unpaired) electrons. The van der Waals surface area contributed by atoms with E-state index >= 15 is 0 Å². The van der Waals surface area contributed by atoms with E-state index in [-0.39, 0.29) is 11.9 Å². The minimum absolute atomic E-state index is 0.108. The van der Waals surface area contributed by atoms with Crippen LogP contribution in [0.25, 0.3) is 0 Å². The fraction of sp³-hybridized carbons (Fsp3) is 0.333. The van der Waals surface area contributed by atoms with Gasteiger partial charge < -0.3 is 11.1 Å². The molecule has 0 aliphatic rings. The first-order valence-corrected chi connectivity index (χ1v) is 5.78. The highest BCUT2D eigenvalue weighted by molar-refractivity contribution is 7.80. The highest BCUT2D eigenvalue weighted by atomic mass is 32.1. The predicted octanol–water partition coefficient (Wildman–Crippen LogP) is 2.01. The van der Waals surface area contributed by atoms with Crippen LogP contribution in [0.3, 0.4) is 0 Å². The molecule has 0 heterocycles. The summed E-state index contributed by atoms with van der Waals surface area (Å²) in [6.45, 7) is 1.93. The normalized spacial score (nSPS) is 11.9. The summed E-state index contributed by atoms with van der Waals surface area (Å²) in [5.41, 5.74) is 5.73. The number of nitrogens with one attached hydrogen (secondary N) is 1. The largest absolute Gasteiger partial charge is 0.393 e. The fourth-order valence-corrected chi connectivity index (χ4v) is 1.64. The van der Waals surface area contributed by atoms with Gasteiger partial charge in [-0.15, -0.1) is 0 Å². The standard InChI is InChI=1S/C12H15FN2OS/c1-2-10(7-11(14)17)15-12(16)8-4-3-5-9(13)6-8/h3-6,10H,2,7H2,1H3,(H2,14,17)(H,15,16). The lowest BCUT2D eigenvalue weighted by Gasteiger charge is -2.16. The van der Waals surface area contributed by atoms with Crippen LogP contribution in [0.2, 0.25) is 0 Å². The zero-order chi connectivity index (χ0) is 12.8. The minimum atomic E-state index is -0.431. The molecule has 92 valence electrons. The van der Waals surface area contributed by atoms with E-state index in [2.05, 4.69) is 5.32 Å². The number of carbonyl (C=O) groups is 1. The summed E-state index contributed by atoms with van der Waals surface area (Å²) in [5, 5.41) is 2.77. The Balaban J connectivity index is 2.67. The summed E-state index contributed by atoms with van der Waals surface area (Å²) in [7, 11) is 0. The van der Waals surface area contributed by atoms with Crippen molar-refractivity contribution >= 4 is 23.1 Å². The number of rotatable bonds is 5. The Kier molecular flexibility index (Phi) is 5.03. The highest BCUT2D eigenvalue weighted by Gasteiger charge is 2.13. The number of hydrogen-bond donors (Lipinski definition) is 2. The summed E-state index contributed by atoms with van der Waals surface area (Å²) in [6, 6.07) is 5.44. The van der Waals surface area contributed by atoms with Crippen molar-refractivity contribution in [1.29, 1.82) is 0 Å². The van der Waals surface area contributed by atoms with Crippen LogP contribution >= 0.6 is 12.2 Å². The van der Waals surface area contributed by atoms with Gasteiger partial charge >= 0.3 is 0 Å². The van der Waals surface area contributed by atoms with Gasteiger partial charge in [-0.1, -0.05) is 25.2 Å². The van der Waals surface area contributed by atoms with Crippen molar-refractivity contribution in [2.75, 3.05) is 0 Å². The average molecular weight is 254 g/mol. The maximum atomic E-state index is 12.9. The Morgan fingerprint density at radius 1 is 1.59 bits per heavy atom. The molecule has 1 atom stereocenters. The van der Waals surface area contributed by atoms with Gasteiger partial charge in [0.2, 0.25) is 0 Å². The SMILES string of the molecule is CCC(CC(N)=S)NC(=O)c1cccc(F)c1. The van der Waals surface area contributed by atoms with Gasteiger partial charge in [-0.05, 0) is 24.6 Å². The van der Waals surface area contributed by atoms with Crippen molar-refractivity contribution in [3.63, 3.8) is 0 Å². The van der Waals surface area contributed by atoms with Crippen LogP contribution in [0.5, 0.6) is 0 Å². The maximum Gasteiger partial charge on any atom is 0.251 e. The molecule has 17 heavy (non-hydrogen) atoms. The molecule has 0 aliphatic heterocycles. The van der Waals surface area contributed by atoms with Crippen LogP contribution in [0.15, 0.2) is 24.3 Å². The number of amides is 1. The first-order valence-electron chi connectivity index (χ1n) is 5.37. The van der Waals surface area contributed by atoms with Crippen LogP contribution in [0.4, 0.5) is 4.39 Å². The number of nitrogens with two attached hydrogens (primary N) is 1. The molecule has 0 saturated heterocycles. The van der Waals surface area contributed by atoms with E-state index in [1.54, 1.807) is 6.07 Å². The van der Waals surface area contributed by atoms with E-state index < -0.39 is 5.82 Å². The van der Waals surface area contributed by atoms with Gasteiger partial charge in [-0.25, -0.2) is 4.39 Å². The zero-order valence-electron chi connectivity index (χ0n) is 9.57. The Bertz CT molecular complexity index is 423. The highest BCUT2D eigenvalue weighted by Crippen LogP contribution is 2.05. The van der Waals surface area contributed by atoms with Crippen molar-refractivity contribution in [3.05, 3.63) is 35.6 Å². The average Bonchev–Trinajstić information content (AvgIpc) is 2.27. The molecular formula is C12H15FN2OS. The first kappa shape index (κ1) is 13.6. The zero-order valence-corrected chi connectivity index (χ0v) is 10.4. The number of halogens is 1. The minimum Gasteiger partial charge on any atom is -0.393 e. The topological polar surface area (TPSA) is 55.1 Å². The molecular weight excluding hydrogens is 239 g/mol. The lowest BCUT2D eigenvalue weighted by Crippen LogP contribution is -2.37. The predicted molar refractivity (Wildman–Crippen MR) is 69.3 cm³/mol. The lowest BCUT2D eigenvalue weighted by molar-refractivity contribution is 0.0937. The molecule has 3 N–H and O–H groups in total. The van der Waals surface area contributed by atoms with Gasteiger partial charge in [0.05, 0.1) is 4.99 Å². The Labute approximate surface area is 105 Å². The van der Waals surface area contributed by atoms with E-state index in [9.17, 15) is 9.18 Å². The first-order chi connectivity index (χ1) is 8.02. The van der Waals surface area contributed by atoms with Crippen LogP contribution in [-0.4, -0.2) is 16.9 Å². The summed E-state index contributed by atoms with van der Waals surface area (Å²) in [5.74, 6) is -0.743. The van der Waals surface area contributed by atoms with Crippen LogP contribution < -0.4 is 11.1 Å². The third-order valence-electron chi connectivity index (χ3n) is 2.36. The number of carbonyl (C=O) groups excluding carboxylic acids is 1. The summed E-state index contributed by atoms with van der Waals surface area (Å²) in [4.78, 5) is 12.1. The van der Waals surface area contributed by atoms with Crippen molar-refractivity contribution in [3.8, 4) is 0 Å². The second-order valence-corrected chi connectivity index (χ2v) is 4.28. The summed E-state index contributed by atoms with van der Waals surface area (Å²) in [6.07, 6.45) is 1.17. The lowest BCUT2D eigenvalue weighted by atomic mass is 10.1. The van der Waals surface area contributed by atoms with Crippen molar-refractivity contribution in [1.82, 2.24) is 5.32 Å². The maximum absolute atomic E-state index is 12.9. The quantitative estimate of drug-likeness (QED) is 0.790. The summed E-state index contributed by atoms with van der Waals surface area (Å²) < 4.78 is 12.9. The smallest absolute Gasteiger partial charge is 0.251 e. The molecule has 0 fully saturated rings. The van der Waals surface area contributed by atoms with Gasteiger partial charge in [-0.3, -0.25) is 4.79 Å². The monoisotopic (exact) mass is 254 g/mol. The molecule has 1 aromatic rings. The molecule has 1 unspecified atom stereocenters. The molecule has 0 bridgehead atoms. The van der Waals surface area contributed by atoms with Gasteiger partial charge in [0.15, 0.2) is 0 Å². The van der Waals surface area contributed by atoms with E-state index in [1.807, 2.05) is 6.92 Å². The molecule has 5 heteroatoms. The van der Waals surface area contributed by atoms with Crippen LogP contribution in [-0.2, 0) is 0 Å². The Morgan fingerprint density at radius 2 is 2.29 bits per heavy atom. The second-order valence-electron chi connectivity index (χ2n) is 3.76. The Hall–Kier alpha value is -1.49. The van der Waals surface area contributed by atoms with E-state index in [1.165, 1.54) is 18.2 Å². The van der Waals surface area contributed by atoms with Gasteiger partial charge in [0.1, 0.15) is 5.82 Å². The summed E-state index contributed by atoms with van der Waals surface area (Å²) >= 11 is 4.79. The number of thiocarbonyl (C=S) groups is 1. The van der Waals surface area contributed by atoms with Crippen molar-refractivity contribution < 1.29 is 9.18 Å². The molecule has 1 aromatic carbocycles. The molecule has 1 rings (SSSR count). The third kappa shape index (κ3) is 4.48. The molecule has 1 amide bonds. The van der Waals surface area contributed by atoms with E-state index in [0.717, 1.165) is 6.42 Å². The van der Waals surface area contributed by atoms with Crippen LogP contribution in [0.1, 0.15) is 30.1 Å². The Morgan fingerprint density at radius 3 is 2.82 bits per heavy atom. The van der Waals surface area contributed by atoms with Gasteiger partial charge in [0.25, 0.3) is 5.91 Å². The van der Waals surface area contributed by atoms with Gasteiger partial charge in [-0.2, -0.15) is 0 Å². The van der Waals surface area contributed by atoms with Crippen molar-refractivity contribution in [2.45, 2.75) is 25.8 Å². The van der Waals surface area contributed by atoms with Gasteiger partial charge in [0, 0.05) is 18.0 Å². The van der Waals surface area contributed by atoms with E-state index in [0.29, 0.717) is 17.0 Å². The third-order valence-corrected chi connectivity index (χ3v) is 2.53. The molecule has 0 spiro atoms. The molecule has 0 aromatic heterocycles. The fourth-order valence-electron chi connectivity index (χ4n) is 1.44. The molecule has 0 aliphatic carbocycles. The molecule has 3 nitrogen and oxygen atoms in total. The number of hydrogen-bond acceptors (Lipinski definition) is 2. The second kappa shape index (κ2) is 6.30.